The summed E-state index contributed by atoms with van der Waals surface area (Å²) in [5.74, 6) is 0.270. The number of benzene rings is 2. The van der Waals surface area contributed by atoms with E-state index in [2.05, 4.69) is 5.32 Å². The molecule has 0 saturated heterocycles. The number of hydrogen-bond donors (Lipinski definition) is 1. The first-order valence-electron chi connectivity index (χ1n) is 9.15. The van der Waals surface area contributed by atoms with Crippen LogP contribution in [0.4, 0.5) is 0 Å². The standard InChI is InChI=1S/C22H25NO5S/c1-15(24)17-9-10-20(27-2)18(13-17)14-28-22(26)19(11-12-29-3)23-21(25)16-7-5-4-6-8-16/h4-10,13,19H,11-12,14H2,1-3H3,(H,23,25)/t19-/m0/s1. The second-order valence-corrected chi connectivity index (χ2v) is 7.35. The first-order chi connectivity index (χ1) is 14.0. The van der Waals surface area contributed by atoms with Gasteiger partial charge in [-0.25, -0.2) is 4.79 Å². The van der Waals surface area contributed by atoms with Crippen molar-refractivity contribution in [1.29, 1.82) is 0 Å². The van der Waals surface area contributed by atoms with Gasteiger partial charge in [0.25, 0.3) is 5.91 Å². The minimum absolute atomic E-state index is 0.0555. The van der Waals surface area contributed by atoms with Crippen molar-refractivity contribution >= 4 is 29.4 Å². The maximum Gasteiger partial charge on any atom is 0.329 e. The Morgan fingerprint density at radius 3 is 2.41 bits per heavy atom. The van der Waals surface area contributed by atoms with E-state index in [0.717, 1.165) is 0 Å². The highest BCUT2D eigenvalue weighted by Gasteiger charge is 2.23. The lowest BCUT2D eigenvalue weighted by Gasteiger charge is -2.18. The molecule has 1 atom stereocenters. The molecule has 1 N–H and O–H groups in total. The van der Waals surface area contributed by atoms with E-state index >= 15 is 0 Å². The number of thioether (sulfide) groups is 1. The number of ether oxygens (including phenoxy) is 2. The van der Waals surface area contributed by atoms with Crippen molar-refractivity contribution < 1.29 is 23.9 Å². The van der Waals surface area contributed by atoms with Gasteiger partial charge in [-0.05, 0) is 55.7 Å². The van der Waals surface area contributed by atoms with Gasteiger partial charge < -0.3 is 14.8 Å². The fourth-order valence-electron chi connectivity index (χ4n) is 2.68. The van der Waals surface area contributed by atoms with Gasteiger partial charge in [0.2, 0.25) is 0 Å². The molecular formula is C22H25NO5S. The molecule has 0 bridgehead atoms. The maximum absolute atomic E-state index is 12.7. The molecule has 0 aromatic heterocycles. The van der Waals surface area contributed by atoms with Crippen molar-refractivity contribution in [3.05, 3.63) is 65.2 Å². The Morgan fingerprint density at radius 1 is 1.07 bits per heavy atom. The van der Waals surface area contributed by atoms with Crippen molar-refractivity contribution in [2.75, 3.05) is 19.1 Å². The number of Topliss-reactive ketones (excluding diaryl/α,β-unsaturated/α-hetero) is 1. The molecule has 7 heteroatoms. The molecule has 2 aromatic carbocycles. The van der Waals surface area contributed by atoms with Gasteiger partial charge in [-0.2, -0.15) is 11.8 Å². The van der Waals surface area contributed by atoms with E-state index in [1.807, 2.05) is 12.3 Å². The number of ketones is 1. The van der Waals surface area contributed by atoms with Gasteiger partial charge in [0.15, 0.2) is 5.78 Å². The number of rotatable bonds is 10. The molecule has 0 heterocycles. The minimum Gasteiger partial charge on any atom is -0.496 e. The number of hydrogen-bond acceptors (Lipinski definition) is 6. The van der Waals surface area contributed by atoms with Crippen LogP contribution < -0.4 is 10.1 Å². The van der Waals surface area contributed by atoms with Crippen LogP contribution >= 0.6 is 11.8 Å². The molecule has 0 spiro atoms. The fourth-order valence-corrected chi connectivity index (χ4v) is 3.15. The number of esters is 1. The monoisotopic (exact) mass is 415 g/mol. The summed E-state index contributed by atoms with van der Waals surface area (Å²) in [5.41, 5.74) is 1.57. The zero-order valence-corrected chi connectivity index (χ0v) is 17.6. The summed E-state index contributed by atoms with van der Waals surface area (Å²) >= 11 is 1.58. The molecule has 1 amide bonds. The van der Waals surface area contributed by atoms with E-state index in [1.165, 1.54) is 14.0 Å². The summed E-state index contributed by atoms with van der Waals surface area (Å²) in [5, 5.41) is 2.75. The Morgan fingerprint density at radius 2 is 1.79 bits per heavy atom. The van der Waals surface area contributed by atoms with E-state index < -0.39 is 12.0 Å². The summed E-state index contributed by atoms with van der Waals surface area (Å²) in [6.45, 7) is 1.41. The van der Waals surface area contributed by atoms with E-state index in [-0.39, 0.29) is 18.3 Å². The molecule has 0 radical (unpaired) electrons. The maximum atomic E-state index is 12.7. The summed E-state index contributed by atoms with van der Waals surface area (Å²) in [7, 11) is 1.51. The van der Waals surface area contributed by atoms with E-state index in [1.54, 1.807) is 54.2 Å². The lowest BCUT2D eigenvalue weighted by Crippen LogP contribution is -2.42. The Hall–Kier alpha value is -2.80. The SMILES string of the molecule is COc1ccc(C(C)=O)cc1COC(=O)[C@H](CCSC)NC(=O)c1ccccc1. The van der Waals surface area contributed by atoms with Crippen molar-refractivity contribution in [1.82, 2.24) is 5.32 Å². The Kier molecular flexibility index (Phi) is 8.73. The lowest BCUT2D eigenvalue weighted by atomic mass is 10.1. The quantitative estimate of drug-likeness (QED) is 0.473. The van der Waals surface area contributed by atoms with Gasteiger partial charge >= 0.3 is 5.97 Å². The van der Waals surface area contributed by atoms with Gasteiger partial charge in [-0.3, -0.25) is 9.59 Å². The van der Waals surface area contributed by atoms with E-state index in [4.69, 9.17) is 9.47 Å². The molecule has 154 valence electrons. The molecule has 0 unspecified atom stereocenters. The average Bonchev–Trinajstić information content (AvgIpc) is 2.75. The normalized spacial score (nSPS) is 11.4. The Balaban J connectivity index is 2.09. The molecule has 0 saturated carbocycles. The largest absolute Gasteiger partial charge is 0.496 e. The third-order valence-corrected chi connectivity index (χ3v) is 4.94. The first-order valence-corrected chi connectivity index (χ1v) is 10.5. The van der Waals surface area contributed by atoms with Gasteiger partial charge in [0.05, 0.1) is 7.11 Å². The third kappa shape index (κ3) is 6.64. The first kappa shape index (κ1) is 22.5. The smallest absolute Gasteiger partial charge is 0.329 e. The molecule has 2 rings (SSSR count). The van der Waals surface area contributed by atoms with Gasteiger partial charge in [-0.15, -0.1) is 0 Å². The molecular weight excluding hydrogens is 390 g/mol. The van der Waals surface area contributed by atoms with Gasteiger partial charge in [0, 0.05) is 16.7 Å². The molecule has 0 fully saturated rings. The summed E-state index contributed by atoms with van der Waals surface area (Å²) in [4.78, 5) is 36.7. The second kappa shape index (κ2) is 11.3. The van der Waals surface area contributed by atoms with Crippen molar-refractivity contribution in [2.24, 2.45) is 0 Å². The van der Waals surface area contributed by atoms with E-state index in [0.29, 0.717) is 34.6 Å². The van der Waals surface area contributed by atoms with Crippen LogP contribution in [-0.4, -0.2) is 42.8 Å². The molecule has 0 aliphatic heterocycles. The van der Waals surface area contributed by atoms with Crippen molar-refractivity contribution in [2.45, 2.75) is 26.0 Å². The Labute approximate surface area is 175 Å². The lowest BCUT2D eigenvalue weighted by molar-refractivity contribution is -0.147. The van der Waals surface area contributed by atoms with Crippen LogP contribution in [0.1, 0.15) is 39.6 Å². The molecule has 0 aliphatic carbocycles. The average molecular weight is 416 g/mol. The highest BCUT2D eigenvalue weighted by molar-refractivity contribution is 7.98. The van der Waals surface area contributed by atoms with E-state index in [9.17, 15) is 14.4 Å². The highest BCUT2D eigenvalue weighted by atomic mass is 32.2. The van der Waals surface area contributed by atoms with Crippen LogP contribution in [0.5, 0.6) is 5.75 Å². The summed E-state index contributed by atoms with van der Waals surface area (Å²) in [6.07, 6.45) is 2.38. The summed E-state index contributed by atoms with van der Waals surface area (Å²) in [6, 6.07) is 12.9. The van der Waals surface area contributed by atoms with Gasteiger partial charge in [-0.1, -0.05) is 18.2 Å². The van der Waals surface area contributed by atoms with Crippen molar-refractivity contribution in [3.63, 3.8) is 0 Å². The topological polar surface area (TPSA) is 81.7 Å². The predicted molar refractivity (Wildman–Crippen MR) is 113 cm³/mol. The number of methoxy groups -OCH3 is 1. The van der Waals surface area contributed by atoms with Gasteiger partial charge in [0.1, 0.15) is 18.4 Å². The van der Waals surface area contributed by atoms with Crippen LogP contribution in [0.3, 0.4) is 0 Å². The zero-order chi connectivity index (χ0) is 21.2. The molecule has 0 aliphatic rings. The van der Waals surface area contributed by atoms with Crippen LogP contribution in [0.15, 0.2) is 48.5 Å². The number of amides is 1. The second-order valence-electron chi connectivity index (χ2n) is 6.36. The van der Waals surface area contributed by atoms with Crippen LogP contribution in [-0.2, 0) is 16.1 Å². The Bertz CT molecular complexity index is 854. The van der Waals surface area contributed by atoms with Crippen LogP contribution in [0, 0.1) is 0 Å². The molecule has 2 aromatic rings. The molecule has 29 heavy (non-hydrogen) atoms. The fraction of sp³-hybridized carbons (Fsp3) is 0.318. The summed E-state index contributed by atoms with van der Waals surface area (Å²) < 4.78 is 10.7. The minimum atomic E-state index is -0.767. The van der Waals surface area contributed by atoms with Crippen molar-refractivity contribution in [3.8, 4) is 5.75 Å². The number of carbonyl (C=O) groups excluding carboxylic acids is 3. The predicted octanol–water partition coefficient (Wildman–Crippen LogP) is 3.49. The number of nitrogens with one attached hydrogen (secondary N) is 1. The zero-order valence-electron chi connectivity index (χ0n) is 16.8. The highest BCUT2D eigenvalue weighted by Crippen LogP contribution is 2.21. The molecule has 6 nitrogen and oxygen atoms in total. The number of carbonyl (C=O) groups is 3. The third-order valence-electron chi connectivity index (χ3n) is 4.29. The van der Waals surface area contributed by atoms with Crippen LogP contribution in [0.2, 0.25) is 0 Å². The van der Waals surface area contributed by atoms with Crippen LogP contribution in [0.25, 0.3) is 0 Å².